The highest BCUT2D eigenvalue weighted by atomic mass is 16.5. The minimum absolute atomic E-state index is 0.158. The van der Waals surface area contributed by atoms with Crippen LogP contribution in [-0.2, 0) is 0 Å². The molecule has 5 heteroatoms. The standard InChI is InChI=1S/C16H24N2O3/c1-20-15-6-5-13(12-16(15)21-2)14(19)4-3-9-18-10-7-17-8-11-18/h5-6,12,17H,3-4,7-11H2,1-2H3. The maximum atomic E-state index is 12.2. The molecule has 0 unspecified atom stereocenters. The van der Waals surface area contributed by atoms with E-state index in [0.29, 0.717) is 23.5 Å². The van der Waals surface area contributed by atoms with Crippen molar-refractivity contribution in [3.8, 4) is 11.5 Å². The predicted molar refractivity (Wildman–Crippen MR) is 82.4 cm³/mol. The van der Waals surface area contributed by atoms with Crippen molar-refractivity contribution in [2.45, 2.75) is 12.8 Å². The Balaban J connectivity index is 1.85. The first-order valence-corrected chi connectivity index (χ1v) is 7.43. The van der Waals surface area contributed by atoms with Crippen molar-refractivity contribution >= 4 is 5.78 Å². The Morgan fingerprint density at radius 3 is 2.57 bits per heavy atom. The lowest BCUT2D eigenvalue weighted by Crippen LogP contribution is -2.43. The summed E-state index contributed by atoms with van der Waals surface area (Å²) in [6.07, 6.45) is 1.46. The van der Waals surface area contributed by atoms with E-state index in [1.807, 2.05) is 0 Å². The molecule has 21 heavy (non-hydrogen) atoms. The molecule has 0 aliphatic carbocycles. The SMILES string of the molecule is COc1ccc(C(=O)CCCN2CCNCC2)cc1OC. The smallest absolute Gasteiger partial charge is 0.163 e. The van der Waals surface area contributed by atoms with Gasteiger partial charge in [-0.25, -0.2) is 0 Å². The van der Waals surface area contributed by atoms with Gasteiger partial charge in [-0.05, 0) is 31.2 Å². The van der Waals surface area contributed by atoms with Crippen LogP contribution in [-0.4, -0.2) is 57.6 Å². The molecule has 1 heterocycles. The number of nitrogens with one attached hydrogen (secondary N) is 1. The van der Waals surface area contributed by atoms with Gasteiger partial charge in [0.25, 0.3) is 0 Å². The fourth-order valence-corrected chi connectivity index (χ4v) is 2.55. The molecule has 1 aliphatic rings. The van der Waals surface area contributed by atoms with Crippen LogP contribution in [0.3, 0.4) is 0 Å². The van der Waals surface area contributed by atoms with E-state index in [1.54, 1.807) is 32.4 Å². The van der Waals surface area contributed by atoms with E-state index in [4.69, 9.17) is 9.47 Å². The molecule has 1 aromatic rings. The van der Waals surface area contributed by atoms with Crippen molar-refractivity contribution in [3.05, 3.63) is 23.8 Å². The Morgan fingerprint density at radius 1 is 1.19 bits per heavy atom. The number of carbonyl (C=O) groups is 1. The van der Waals surface area contributed by atoms with Crippen molar-refractivity contribution in [1.82, 2.24) is 10.2 Å². The number of rotatable bonds is 7. The van der Waals surface area contributed by atoms with E-state index in [2.05, 4.69) is 10.2 Å². The minimum atomic E-state index is 0.158. The highest BCUT2D eigenvalue weighted by Gasteiger charge is 2.13. The lowest BCUT2D eigenvalue weighted by atomic mass is 10.1. The highest BCUT2D eigenvalue weighted by molar-refractivity contribution is 5.96. The fraction of sp³-hybridized carbons (Fsp3) is 0.562. The molecule has 0 bridgehead atoms. The van der Waals surface area contributed by atoms with Gasteiger partial charge in [-0.15, -0.1) is 0 Å². The Kier molecular flexibility index (Phi) is 6.02. The number of Topliss-reactive ketones (excluding diaryl/α,β-unsaturated/α-hetero) is 1. The summed E-state index contributed by atoms with van der Waals surface area (Å²) in [6, 6.07) is 5.34. The number of piperazine rings is 1. The number of nitrogens with zero attached hydrogens (tertiary/aromatic N) is 1. The fourth-order valence-electron chi connectivity index (χ4n) is 2.55. The van der Waals surface area contributed by atoms with Crippen LogP contribution in [0.5, 0.6) is 11.5 Å². The number of ketones is 1. The molecule has 0 aromatic heterocycles. The third kappa shape index (κ3) is 4.44. The first kappa shape index (κ1) is 15.8. The molecule has 1 fully saturated rings. The molecule has 1 N–H and O–H groups in total. The molecule has 5 nitrogen and oxygen atoms in total. The van der Waals surface area contributed by atoms with Crippen LogP contribution in [0.15, 0.2) is 18.2 Å². The number of methoxy groups -OCH3 is 2. The Labute approximate surface area is 126 Å². The van der Waals surface area contributed by atoms with Gasteiger partial charge in [0.2, 0.25) is 0 Å². The summed E-state index contributed by atoms with van der Waals surface area (Å²) in [5.41, 5.74) is 0.688. The summed E-state index contributed by atoms with van der Waals surface area (Å²) in [5.74, 6) is 1.41. The van der Waals surface area contributed by atoms with Crippen molar-refractivity contribution < 1.29 is 14.3 Å². The monoisotopic (exact) mass is 292 g/mol. The molecule has 0 atom stereocenters. The van der Waals surface area contributed by atoms with Crippen LogP contribution in [0.4, 0.5) is 0 Å². The lowest BCUT2D eigenvalue weighted by molar-refractivity contribution is 0.0973. The van der Waals surface area contributed by atoms with E-state index in [-0.39, 0.29) is 5.78 Å². The summed E-state index contributed by atoms with van der Waals surface area (Å²) in [7, 11) is 3.17. The second kappa shape index (κ2) is 8.00. The van der Waals surface area contributed by atoms with Gasteiger partial charge in [-0.1, -0.05) is 0 Å². The number of ether oxygens (including phenoxy) is 2. The second-order valence-electron chi connectivity index (χ2n) is 5.19. The summed E-state index contributed by atoms with van der Waals surface area (Å²) in [6.45, 7) is 5.23. The van der Waals surface area contributed by atoms with Crippen molar-refractivity contribution in [2.75, 3.05) is 46.9 Å². The Morgan fingerprint density at radius 2 is 1.90 bits per heavy atom. The zero-order valence-electron chi connectivity index (χ0n) is 12.9. The number of benzene rings is 1. The molecule has 116 valence electrons. The largest absolute Gasteiger partial charge is 0.493 e. The van der Waals surface area contributed by atoms with Crippen LogP contribution in [0.25, 0.3) is 0 Å². The molecular weight excluding hydrogens is 268 g/mol. The molecule has 2 rings (SSSR count). The molecule has 0 radical (unpaired) electrons. The quantitative estimate of drug-likeness (QED) is 0.773. The van der Waals surface area contributed by atoms with Gasteiger partial charge in [-0.2, -0.15) is 0 Å². The average molecular weight is 292 g/mol. The van der Waals surface area contributed by atoms with Gasteiger partial charge in [0.05, 0.1) is 14.2 Å². The van der Waals surface area contributed by atoms with Crippen LogP contribution >= 0.6 is 0 Å². The molecule has 1 saturated heterocycles. The zero-order chi connectivity index (χ0) is 15.1. The molecule has 0 amide bonds. The van der Waals surface area contributed by atoms with Gasteiger partial charge < -0.3 is 19.7 Å². The lowest BCUT2D eigenvalue weighted by Gasteiger charge is -2.26. The Hall–Kier alpha value is -1.59. The first-order chi connectivity index (χ1) is 10.2. The summed E-state index contributed by atoms with van der Waals surface area (Å²) < 4.78 is 10.4. The predicted octanol–water partition coefficient (Wildman–Crippen LogP) is 1.57. The van der Waals surface area contributed by atoms with Crippen LogP contribution < -0.4 is 14.8 Å². The molecular formula is C16H24N2O3. The van der Waals surface area contributed by atoms with Gasteiger partial charge >= 0.3 is 0 Å². The molecule has 0 saturated carbocycles. The third-order valence-electron chi connectivity index (χ3n) is 3.79. The highest BCUT2D eigenvalue weighted by Crippen LogP contribution is 2.28. The van der Waals surface area contributed by atoms with E-state index in [0.717, 1.165) is 39.1 Å². The third-order valence-corrected chi connectivity index (χ3v) is 3.79. The average Bonchev–Trinajstić information content (AvgIpc) is 2.55. The second-order valence-corrected chi connectivity index (χ2v) is 5.19. The summed E-state index contributed by atoms with van der Waals surface area (Å²) in [4.78, 5) is 14.6. The van der Waals surface area contributed by atoms with Crippen LogP contribution in [0.1, 0.15) is 23.2 Å². The minimum Gasteiger partial charge on any atom is -0.493 e. The van der Waals surface area contributed by atoms with E-state index < -0.39 is 0 Å². The zero-order valence-corrected chi connectivity index (χ0v) is 12.9. The van der Waals surface area contributed by atoms with Gasteiger partial charge in [0.1, 0.15) is 0 Å². The Bertz CT molecular complexity index is 471. The molecule has 0 spiro atoms. The first-order valence-electron chi connectivity index (χ1n) is 7.43. The normalized spacial score (nSPS) is 15.7. The van der Waals surface area contributed by atoms with Gasteiger partial charge in [-0.3, -0.25) is 4.79 Å². The number of hydrogen-bond acceptors (Lipinski definition) is 5. The number of hydrogen-bond donors (Lipinski definition) is 1. The molecule has 1 aliphatic heterocycles. The van der Waals surface area contributed by atoms with Crippen molar-refractivity contribution in [3.63, 3.8) is 0 Å². The van der Waals surface area contributed by atoms with Crippen molar-refractivity contribution in [1.29, 1.82) is 0 Å². The van der Waals surface area contributed by atoms with Gasteiger partial charge in [0, 0.05) is 38.2 Å². The topological polar surface area (TPSA) is 50.8 Å². The van der Waals surface area contributed by atoms with Crippen molar-refractivity contribution in [2.24, 2.45) is 0 Å². The summed E-state index contributed by atoms with van der Waals surface area (Å²) in [5, 5.41) is 3.33. The maximum absolute atomic E-state index is 12.2. The van der Waals surface area contributed by atoms with Crippen LogP contribution in [0, 0.1) is 0 Å². The maximum Gasteiger partial charge on any atom is 0.163 e. The molecule has 1 aromatic carbocycles. The van der Waals surface area contributed by atoms with E-state index in [9.17, 15) is 4.79 Å². The van der Waals surface area contributed by atoms with Gasteiger partial charge in [0.15, 0.2) is 17.3 Å². The van der Waals surface area contributed by atoms with Crippen LogP contribution in [0.2, 0.25) is 0 Å². The number of carbonyl (C=O) groups excluding carboxylic acids is 1. The summed E-state index contributed by atoms with van der Waals surface area (Å²) >= 11 is 0. The van der Waals surface area contributed by atoms with E-state index in [1.165, 1.54) is 0 Å². The van der Waals surface area contributed by atoms with E-state index >= 15 is 0 Å².